The first-order valence-electron chi connectivity index (χ1n) is 14.2. The van der Waals surface area contributed by atoms with Crippen LogP contribution in [-0.4, -0.2) is 33.1 Å². The topological polar surface area (TPSA) is 3.24 Å². The molecule has 4 heteroatoms. The number of fused-ring (bicyclic) bond motifs is 10. The maximum absolute atomic E-state index is 3.65. The van der Waals surface area contributed by atoms with E-state index in [1.54, 1.807) is 10.6 Å². The Morgan fingerprint density at radius 2 is 1.14 bits per heavy atom. The van der Waals surface area contributed by atoms with Crippen LogP contribution in [-0.2, 0) is 6.51 Å². The van der Waals surface area contributed by atoms with Crippen LogP contribution in [0.2, 0.25) is 42.8 Å². The molecule has 12 rings (SSSR count). The molecule has 186 valence electrons. The fourth-order valence-corrected chi connectivity index (χ4v) is 117. The zero-order valence-electron chi connectivity index (χ0n) is 21.8. The fraction of sp³-hybridized carbons (Fsp3) is 0.613. The van der Waals surface area contributed by atoms with E-state index in [0.29, 0.717) is 0 Å². The quantitative estimate of drug-likeness (QED) is 0.239. The Kier molecular flexibility index (Phi) is 1.49. The Morgan fingerprint density at radius 1 is 0.686 bits per heavy atom. The molecule has 1 nitrogen and oxygen atoms in total. The number of hydrogen-bond donors (Lipinski definition) is 0. The molecule has 0 saturated carbocycles. The molecule has 0 amide bonds. The van der Waals surface area contributed by atoms with Gasteiger partial charge < -0.3 is 0 Å². The molecule has 0 N–H and O–H groups in total. The monoisotopic (exact) mass is 543 g/mol. The van der Waals surface area contributed by atoms with Gasteiger partial charge in [0.15, 0.2) is 0 Å². The second kappa shape index (κ2) is 2.76. The van der Waals surface area contributed by atoms with E-state index in [2.05, 4.69) is 107 Å². The van der Waals surface area contributed by atoms with Crippen LogP contribution >= 0.6 is 16.0 Å². The van der Waals surface area contributed by atoms with Crippen molar-refractivity contribution < 1.29 is 6.51 Å². The Bertz CT molecular complexity index is 1690. The SMILES string of the molecule is CC(C)P(C(C)C)N(C)[C@H](C)[C@@]12[CH]3[CH]4[CH]5[C]1(P(c1ccccc1)c1ccccc1)[Fe]45321678[CH]2[CH]1[CH]6[CH]7[CH]28. The van der Waals surface area contributed by atoms with Crippen molar-refractivity contribution in [3.63, 3.8) is 0 Å². The van der Waals surface area contributed by atoms with Crippen LogP contribution in [0, 0.1) is 0 Å². The van der Waals surface area contributed by atoms with Gasteiger partial charge in [-0.25, -0.2) is 0 Å². The third kappa shape index (κ3) is 0.439. The first-order valence-corrected chi connectivity index (χ1v) is 23.2. The van der Waals surface area contributed by atoms with E-state index >= 15 is 0 Å². The van der Waals surface area contributed by atoms with Crippen LogP contribution in [0.15, 0.2) is 60.7 Å². The van der Waals surface area contributed by atoms with Crippen LogP contribution in [0.25, 0.3) is 0 Å². The average Bonchev–Trinajstić information content (AvgIpc) is 3.79. The first kappa shape index (κ1) is 18.9. The molecule has 10 aliphatic rings. The van der Waals surface area contributed by atoms with E-state index in [-0.39, 0.29) is 16.0 Å². The Labute approximate surface area is 203 Å². The van der Waals surface area contributed by atoms with E-state index in [9.17, 15) is 0 Å². The summed E-state index contributed by atoms with van der Waals surface area (Å²) in [4.78, 5) is 10.7. The molecule has 35 heavy (non-hydrogen) atoms. The molecule has 0 aliphatic carbocycles. The van der Waals surface area contributed by atoms with Crippen molar-refractivity contribution in [2.75, 3.05) is 7.05 Å². The van der Waals surface area contributed by atoms with Gasteiger partial charge in [-0.3, -0.25) is 0 Å². The van der Waals surface area contributed by atoms with Gasteiger partial charge in [0.2, 0.25) is 0 Å². The normalized spacial score (nSPS) is 67.7. The summed E-state index contributed by atoms with van der Waals surface area (Å²) in [6.07, 6.45) is 0. The van der Waals surface area contributed by atoms with Gasteiger partial charge in [0.25, 0.3) is 0 Å². The van der Waals surface area contributed by atoms with Crippen molar-refractivity contribution in [1.29, 1.82) is 0 Å². The zero-order valence-corrected chi connectivity index (χ0v) is 24.7. The van der Waals surface area contributed by atoms with Crippen molar-refractivity contribution in [3.8, 4) is 0 Å². The Morgan fingerprint density at radius 3 is 1.51 bits per heavy atom. The van der Waals surface area contributed by atoms with Crippen LogP contribution < -0.4 is 10.6 Å². The van der Waals surface area contributed by atoms with Gasteiger partial charge >= 0.3 is 204 Å². The molecule has 6 atom stereocenters. The Hall–Kier alpha value is -0.221. The summed E-state index contributed by atoms with van der Waals surface area (Å²) in [6.45, 7) is 9.22. The summed E-state index contributed by atoms with van der Waals surface area (Å²) in [7, 11) is 2.28. The minimum atomic E-state index is -3.65. The predicted molar refractivity (Wildman–Crippen MR) is 149 cm³/mol. The summed E-state index contributed by atoms with van der Waals surface area (Å²) >= 11 is 0. The van der Waals surface area contributed by atoms with E-state index in [4.69, 9.17) is 0 Å². The summed E-state index contributed by atoms with van der Waals surface area (Å²) in [5.74, 6) is 0. The summed E-state index contributed by atoms with van der Waals surface area (Å²) in [5, 5.41) is 3.48. The first-order chi connectivity index (χ1) is 16.6. The molecule has 2 aromatic carbocycles. The fourth-order valence-electron chi connectivity index (χ4n) is 21.9. The molecule has 10 fully saturated rings. The van der Waals surface area contributed by atoms with Crippen LogP contribution in [0.3, 0.4) is 0 Å². The van der Waals surface area contributed by atoms with Gasteiger partial charge in [0.1, 0.15) is 0 Å². The van der Waals surface area contributed by atoms with Gasteiger partial charge in [-0.1, -0.05) is 0 Å². The van der Waals surface area contributed by atoms with Gasteiger partial charge in [-0.15, -0.1) is 0 Å². The molecule has 10 saturated heterocycles. The van der Waals surface area contributed by atoms with E-state index in [0.717, 1.165) is 25.7 Å². The summed E-state index contributed by atoms with van der Waals surface area (Å²) in [5.41, 5.74) is 1.60. The number of benzene rings is 2. The van der Waals surface area contributed by atoms with Gasteiger partial charge in [-0.05, 0) is 0 Å². The van der Waals surface area contributed by atoms with Gasteiger partial charge in [0.05, 0.1) is 0 Å². The zero-order chi connectivity index (χ0) is 23.6. The van der Waals surface area contributed by atoms with E-state index in [1.807, 2.05) is 0 Å². The standard InChI is InChI=1S/C26H34NP2.C5H5.Fe/c1-20(2)29(21(3)4)27(6)22(5)25-18-13-19-26(25)28(23-14-9-7-10-15-23)24-16-11-8-12-17-24;1-2-4-5-3-1;/h7-22H,1-6H3;1-5H;/t22-;;/m1../s1. The molecule has 2 aromatic rings. The molecule has 0 aromatic heterocycles. The third-order valence-electron chi connectivity index (χ3n) is 19.8. The van der Waals surface area contributed by atoms with Crippen LogP contribution in [0.5, 0.6) is 0 Å². The molecule has 0 radical (unpaired) electrons. The number of rotatable bonds is 8. The molecule has 0 bridgehead atoms. The molecular weight excluding hydrogens is 504 g/mol. The van der Waals surface area contributed by atoms with Crippen LogP contribution in [0.4, 0.5) is 0 Å². The minimum absolute atomic E-state index is 0.0823. The molecular formula is C31H39FeNP2. The van der Waals surface area contributed by atoms with Crippen molar-refractivity contribution in [2.24, 2.45) is 0 Å². The van der Waals surface area contributed by atoms with Crippen molar-refractivity contribution in [1.82, 2.24) is 4.67 Å². The molecule has 4 unspecified atom stereocenters. The maximum atomic E-state index is 3.07. The number of hydrogen-bond acceptors (Lipinski definition) is 1. The van der Waals surface area contributed by atoms with Gasteiger partial charge in [0, 0.05) is 0 Å². The molecule has 10 heterocycles. The van der Waals surface area contributed by atoms with Crippen LogP contribution in [0.1, 0.15) is 34.6 Å². The van der Waals surface area contributed by atoms with Gasteiger partial charge in [-0.2, -0.15) is 0 Å². The second-order valence-electron chi connectivity index (χ2n) is 16.6. The Balaban J connectivity index is 1.16. The molecule has 10 aliphatic heterocycles. The summed E-state index contributed by atoms with van der Waals surface area (Å²) in [6, 6.07) is 25.0. The molecule has 1 spiro atoms. The second-order valence-corrected chi connectivity index (χ2v) is 46.1. The predicted octanol–water partition coefficient (Wildman–Crippen LogP) is 8.32. The number of nitrogens with zero attached hydrogens (tertiary/aromatic N) is 1. The summed E-state index contributed by atoms with van der Waals surface area (Å²) < 4.78 is 4.70. The van der Waals surface area contributed by atoms with E-state index < -0.39 is 6.51 Å². The van der Waals surface area contributed by atoms with Crippen molar-refractivity contribution >= 4 is 26.6 Å². The average molecular weight is 543 g/mol. The third-order valence-corrected chi connectivity index (χ3v) is 73.2. The van der Waals surface area contributed by atoms with E-state index in [1.165, 1.54) is 38.5 Å². The van der Waals surface area contributed by atoms with Crippen molar-refractivity contribution in [3.05, 3.63) is 60.7 Å². The van der Waals surface area contributed by atoms with Crippen molar-refractivity contribution in [2.45, 2.75) is 98.9 Å².